The summed E-state index contributed by atoms with van der Waals surface area (Å²) in [6, 6.07) is 11.3. The highest BCUT2D eigenvalue weighted by Gasteiger charge is 2.29. The van der Waals surface area contributed by atoms with Crippen LogP contribution in [-0.2, 0) is 22.6 Å². The predicted molar refractivity (Wildman–Crippen MR) is 114 cm³/mol. The summed E-state index contributed by atoms with van der Waals surface area (Å²) in [4.78, 5) is 27.4. The van der Waals surface area contributed by atoms with Crippen molar-refractivity contribution in [3.05, 3.63) is 70.0 Å². The zero-order chi connectivity index (χ0) is 21.8. The third-order valence-electron chi connectivity index (χ3n) is 4.49. The number of nitrogens with zero attached hydrogens (tertiary/aromatic N) is 1. The first-order valence-corrected chi connectivity index (χ1v) is 9.95. The third kappa shape index (κ3) is 6.57. The molecule has 0 aliphatic heterocycles. The minimum atomic E-state index is -0.729. The van der Waals surface area contributed by atoms with E-state index in [1.807, 2.05) is 52.0 Å². The van der Waals surface area contributed by atoms with Crippen molar-refractivity contribution in [2.45, 2.75) is 59.2 Å². The number of benzene rings is 2. The van der Waals surface area contributed by atoms with Gasteiger partial charge in [0.25, 0.3) is 0 Å². The first-order valence-electron chi connectivity index (χ1n) is 9.58. The molecule has 0 bridgehead atoms. The molecule has 0 saturated heterocycles. The normalized spacial score (nSPS) is 12.4. The molecule has 2 aromatic rings. The van der Waals surface area contributed by atoms with Gasteiger partial charge in [-0.05, 0) is 52.3 Å². The Bertz CT molecular complexity index is 872. The van der Waals surface area contributed by atoms with E-state index in [1.165, 1.54) is 17.0 Å². The molecule has 0 saturated carbocycles. The number of rotatable bonds is 6. The average molecular weight is 419 g/mol. The first-order chi connectivity index (χ1) is 13.5. The molecule has 4 nitrogen and oxygen atoms in total. The molecule has 156 valence electrons. The van der Waals surface area contributed by atoms with Crippen LogP contribution in [0.2, 0.25) is 5.02 Å². The fraction of sp³-hybridized carbons (Fsp3) is 0.391. The van der Waals surface area contributed by atoms with Crippen LogP contribution in [0.5, 0.6) is 0 Å². The van der Waals surface area contributed by atoms with Gasteiger partial charge in [-0.3, -0.25) is 9.59 Å². The number of nitrogens with one attached hydrogen (secondary N) is 1. The molecule has 29 heavy (non-hydrogen) atoms. The predicted octanol–water partition coefficient (Wildman–Crippen LogP) is 4.66. The lowest BCUT2D eigenvalue weighted by atomic mass is 10.1. The SMILES string of the molecule is Cc1cccc(CN(C(=O)Cc2c(F)cccc2Cl)C(C)C(=O)NC(C)(C)C)c1. The molecular weight excluding hydrogens is 391 g/mol. The fourth-order valence-electron chi connectivity index (χ4n) is 3.02. The molecule has 2 amide bonds. The van der Waals surface area contributed by atoms with Crippen LogP contribution >= 0.6 is 11.6 Å². The molecule has 0 fully saturated rings. The molecular formula is C23H28ClFN2O2. The Kier molecular flexibility index (Phi) is 7.42. The van der Waals surface area contributed by atoms with Gasteiger partial charge in [0.2, 0.25) is 11.8 Å². The molecule has 0 radical (unpaired) electrons. The van der Waals surface area contributed by atoms with Crippen LogP contribution < -0.4 is 5.32 Å². The van der Waals surface area contributed by atoms with Gasteiger partial charge in [-0.25, -0.2) is 4.39 Å². The van der Waals surface area contributed by atoms with Gasteiger partial charge in [-0.15, -0.1) is 0 Å². The van der Waals surface area contributed by atoms with E-state index in [0.717, 1.165) is 11.1 Å². The Morgan fingerprint density at radius 1 is 1.17 bits per heavy atom. The van der Waals surface area contributed by atoms with E-state index in [2.05, 4.69) is 5.32 Å². The van der Waals surface area contributed by atoms with E-state index in [0.29, 0.717) is 0 Å². The van der Waals surface area contributed by atoms with Crippen molar-refractivity contribution in [2.75, 3.05) is 0 Å². The number of halogens is 2. The van der Waals surface area contributed by atoms with Crippen molar-refractivity contribution >= 4 is 23.4 Å². The number of carbonyl (C=O) groups is 2. The summed E-state index contributed by atoms with van der Waals surface area (Å²) in [5.41, 5.74) is 1.65. The van der Waals surface area contributed by atoms with Gasteiger partial charge in [-0.2, -0.15) is 0 Å². The Morgan fingerprint density at radius 3 is 2.41 bits per heavy atom. The van der Waals surface area contributed by atoms with Crippen LogP contribution in [0.1, 0.15) is 44.4 Å². The number of amides is 2. The Morgan fingerprint density at radius 2 is 1.83 bits per heavy atom. The molecule has 2 rings (SSSR count). The highest BCUT2D eigenvalue weighted by Crippen LogP contribution is 2.21. The molecule has 1 atom stereocenters. The Labute approximate surface area is 177 Å². The minimum Gasteiger partial charge on any atom is -0.350 e. The van der Waals surface area contributed by atoms with Crippen LogP contribution in [0.4, 0.5) is 4.39 Å². The van der Waals surface area contributed by atoms with Crippen molar-refractivity contribution in [3.8, 4) is 0 Å². The standard InChI is InChI=1S/C23H28ClFN2O2/c1-15-8-6-9-17(12-15)14-27(16(2)22(29)26-23(3,4)5)21(28)13-18-19(24)10-7-11-20(18)25/h6-12,16H,13-14H2,1-5H3,(H,26,29). The third-order valence-corrected chi connectivity index (χ3v) is 4.84. The number of hydrogen-bond acceptors (Lipinski definition) is 2. The molecule has 0 spiro atoms. The van der Waals surface area contributed by atoms with Crippen molar-refractivity contribution in [1.82, 2.24) is 10.2 Å². The lowest BCUT2D eigenvalue weighted by Crippen LogP contribution is -2.52. The maximum atomic E-state index is 14.2. The summed E-state index contributed by atoms with van der Waals surface area (Å²) in [5, 5.41) is 3.10. The topological polar surface area (TPSA) is 49.4 Å². The van der Waals surface area contributed by atoms with E-state index >= 15 is 0 Å². The van der Waals surface area contributed by atoms with E-state index in [1.54, 1.807) is 13.0 Å². The lowest BCUT2D eigenvalue weighted by molar-refractivity contribution is -0.140. The van der Waals surface area contributed by atoms with Gasteiger partial charge in [0.15, 0.2) is 0 Å². The summed E-state index contributed by atoms with van der Waals surface area (Å²) in [5.74, 6) is -1.17. The lowest BCUT2D eigenvalue weighted by Gasteiger charge is -2.31. The van der Waals surface area contributed by atoms with Crippen molar-refractivity contribution < 1.29 is 14.0 Å². The van der Waals surface area contributed by atoms with Crippen molar-refractivity contribution in [1.29, 1.82) is 0 Å². The first kappa shape index (κ1) is 22.9. The van der Waals surface area contributed by atoms with E-state index in [-0.39, 0.29) is 35.4 Å². The fourth-order valence-corrected chi connectivity index (χ4v) is 3.25. The molecule has 2 aromatic carbocycles. The summed E-state index contributed by atoms with van der Waals surface area (Å²) in [6.45, 7) is 9.52. The molecule has 0 aliphatic rings. The smallest absolute Gasteiger partial charge is 0.242 e. The highest BCUT2D eigenvalue weighted by atomic mass is 35.5. The Hall–Kier alpha value is -2.40. The summed E-state index contributed by atoms with van der Waals surface area (Å²) < 4.78 is 14.2. The molecule has 6 heteroatoms. The number of hydrogen-bond donors (Lipinski definition) is 1. The molecule has 0 aliphatic carbocycles. The van der Waals surface area contributed by atoms with Crippen molar-refractivity contribution in [3.63, 3.8) is 0 Å². The van der Waals surface area contributed by atoms with Gasteiger partial charge in [0.05, 0.1) is 6.42 Å². The maximum absolute atomic E-state index is 14.2. The second kappa shape index (κ2) is 9.40. The highest BCUT2D eigenvalue weighted by molar-refractivity contribution is 6.31. The van der Waals surface area contributed by atoms with Gasteiger partial charge in [0.1, 0.15) is 11.9 Å². The van der Waals surface area contributed by atoms with E-state index in [9.17, 15) is 14.0 Å². The summed E-state index contributed by atoms with van der Waals surface area (Å²) in [6.07, 6.45) is -0.218. The van der Waals surface area contributed by atoms with Gasteiger partial charge < -0.3 is 10.2 Å². The summed E-state index contributed by atoms with van der Waals surface area (Å²) in [7, 11) is 0. The van der Waals surface area contributed by atoms with Crippen LogP contribution in [0.25, 0.3) is 0 Å². The molecule has 1 unspecified atom stereocenters. The quantitative estimate of drug-likeness (QED) is 0.741. The zero-order valence-corrected chi connectivity index (χ0v) is 18.3. The van der Waals surface area contributed by atoms with Crippen molar-refractivity contribution in [2.24, 2.45) is 0 Å². The largest absolute Gasteiger partial charge is 0.350 e. The summed E-state index contributed by atoms with van der Waals surface area (Å²) >= 11 is 6.10. The van der Waals surface area contributed by atoms with Gasteiger partial charge >= 0.3 is 0 Å². The molecule has 0 heterocycles. The maximum Gasteiger partial charge on any atom is 0.242 e. The Balaban J connectivity index is 2.32. The molecule has 1 N–H and O–H groups in total. The van der Waals surface area contributed by atoms with E-state index in [4.69, 9.17) is 11.6 Å². The zero-order valence-electron chi connectivity index (χ0n) is 17.6. The molecule has 0 aromatic heterocycles. The average Bonchev–Trinajstić information content (AvgIpc) is 2.61. The van der Waals surface area contributed by atoms with Gasteiger partial charge in [-0.1, -0.05) is 47.5 Å². The second-order valence-corrected chi connectivity index (χ2v) is 8.71. The minimum absolute atomic E-state index is 0.136. The number of carbonyl (C=O) groups excluding carboxylic acids is 2. The van der Waals surface area contributed by atoms with Crippen LogP contribution in [0.3, 0.4) is 0 Å². The van der Waals surface area contributed by atoms with Crippen LogP contribution in [-0.4, -0.2) is 28.3 Å². The van der Waals surface area contributed by atoms with E-state index < -0.39 is 17.4 Å². The number of aryl methyl sites for hydroxylation is 1. The van der Waals surface area contributed by atoms with Crippen LogP contribution in [0.15, 0.2) is 42.5 Å². The second-order valence-electron chi connectivity index (χ2n) is 8.30. The monoisotopic (exact) mass is 418 g/mol. The van der Waals surface area contributed by atoms with Crippen LogP contribution in [0, 0.1) is 12.7 Å². The van der Waals surface area contributed by atoms with Gasteiger partial charge in [0, 0.05) is 22.7 Å².